The van der Waals surface area contributed by atoms with E-state index in [-0.39, 0.29) is 5.54 Å². The third kappa shape index (κ3) is 3.84. The molecule has 0 radical (unpaired) electrons. The molecule has 0 aromatic carbocycles. The molecule has 3 heterocycles. The van der Waals surface area contributed by atoms with E-state index in [4.69, 9.17) is 0 Å². The van der Waals surface area contributed by atoms with Crippen molar-refractivity contribution in [3.05, 3.63) is 60.3 Å². The molecule has 0 saturated heterocycles. The molecule has 3 rings (SSSR count). The first kappa shape index (κ1) is 15.4. The minimum absolute atomic E-state index is 0.0159. The topological polar surface area (TPSA) is 60.6 Å². The number of rotatable bonds is 5. The fourth-order valence-corrected chi connectivity index (χ4v) is 2.27. The molecule has 1 N–H and O–H groups in total. The van der Waals surface area contributed by atoms with Gasteiger partial charge in [-0.1, -0.05) is 0 Å². The van der Waals surface area contributed by atoms with Crippen LogP contribution in [-0.2, 0) is 18.6 Å². The van der Waals surface area contributed by atoms with Gasteiger partial charge in [-0.3, -0.25) is 4.68 Å². The molecule has 0 aliphatic rings. The summed E-state index contributed by atoms with van der Waals surface area (Å²) in [4.78, 5) is 4.34. The van der Waals surface area contributed by atoms with E-state index < -0.39 is 0 Å². The Bertz CT molecular complexity index is 751. The Kier molecular flexibility index (Phi) is 4.25. The Morgan fingerprint density at radius 3 is 2.61 bits per heavy atom. The molecule has 120 valence electrons. The summed E-state index contributed by atoms with van der Waals surface area (Å²) in [6.45, 7) is 7.99. The first-order valence-corrected chi connectivity index (χ1v) is 7.72. The SMILES string of the molecule is CC(C)(C)n1cc(CNCc2ccnc(-n3cccn3)c2)cn1. The number of aromatic nitrogens is 5. The van der Waals surface area contributed by atoms with Crippen molar-refractivity contribution in [3.8, 4) is 5.82 Å². The Labute approximate surface area is 136 Å². The maximum Gasteiger partial charge on any atom is 0.153 e. The Balaban J connectivity index is 1.59. The van der Waals surface area contributed by atoms with Gasteiger partial charge in [0.05, 0.1) is 11.7 Å². The van der Waals surface area contributed by atoms with Crippen molar-refractivity contribution >= 4 is 0 Å². The van der Waals surface area contributed by atoms with Gasteiger partial charge in [-0.05, 0) is 44.5 Å². The highest BCUT2D eigenvalue weighted by atomic mass is 15.3. The van der Waals surface area contributed by atoms with Gasteiger partial charge in [0.1, 0.15) is 0 Å². The monoisotopic (exact) mass is 310 g/mol. The number of nitrogens with one attached hydrogen (secondary N) is 1. The number of hydrogen-bond acceptors (Lipinski definition) is 4. The first-order valence-electron chi connectivity index (χ1n) is 7.72. The summed E-state index contributed by atoms with van der Waals surface area (Å²) in [5.41, 5.74) is 2.37. The lowest BCUT2D eigenvalue weighted by molar-refractivity contribution is 0.355. The molecule has 0 spiro atoms. The lowest BCUT2D eigenvalue weighted by Crippen LogP contribution is -2.22. The van der Waals surface area contributed by atoms with Gasteiger partial charge >= 0.3 is 0 Å². The van der Waals surface area contributed by atoms with Crippen LogP contribution in [0.1, 0.15) is 31.9 Å². The zero-order valence-electron chi connectivity index (χ0n) is 13.8. The maximum atomic E-state index is 4.42. The predicted molar refractivity (Wildman–Crippen MR) is 89.1 cm³/mol. The van der Waals surface area contributed by atoms with Crippen molar-refractivity contribution < 1.29 is 0 Å². The van der Waals surface area contributed by atoms with Crippen LogP contribution in [-0.4, -0.2) is 24.5 Å². The highest BCUT2D eigenvalue weighted by Gasteiger charge is 2.13. The highest BCUT2D eigenvalue weighted by molar-refractivity contribution is 5.26. The molecule has 3 aromatic heterocycles. The molecular formula is C17H22N6. The first-order chi connectivity index (χ1) is 11.0. The fourth-order valence-electron chi connectivity index (χ4n) is 2.27. The van der Waals surface area contributed by atoms with Gasteiger partial charge in [-0.15, -0.1) is 0 Å². The van der Waals surface area contributed by atoms with E-state index in [0.29, 0.717) is 0 Å². The molecule has 0 aliphatic carbocycles. The second-order valence-electron chi connectivity index (χ2n) is 6.54. The van der Waals surface area contributed by atoms with Crippen LogP contribution in [0.15, 0.2) is 49.2 Å². The standard InChI is InChI=1S/C17H22N6/c1-17(2,3)23-13-15(12-21-23)11-18-10-14-5-7-19-16(9-14)22-8-4-6-20-22/h4-9,12-13,18H,10-11H2,1-3H3. The lowest BCUT2D eigenvalue weighted by Gasteiger charge is -2.18. The van der Waals surface area contributed by atoms with E-state index in [2.05, 4.69) is 47.5 Å². The highest BCUT2D eigenvalue weighted by Crippen LogP contribution is 2.13. The minimum Gasteiger partial charge on any atom is -0.308 e. The van der Waals surface area contributed by atoms with Gasteiger partial charge in [0, 0.05) is 43.4 Å². The van der Waals surface area contributed by atoms with E-state index in [0.717, 1.165) is 18.9 Å². The Hall–Kier alpha value is -2.47. The van der Waals surface area contributed by atoms with Crippen LogP contribution in [0.3, 0.4) is 0 Å². The van der Waals surface area contributed by atoms with Gasteiger partial charge in [-0.25, -0.2) is 9.67 Å². The van der Waals surface area contributed by atoms with Crippen LogP contribution in [0.25, 0.3) is 5.82 Å². The van der Waals surface area contributed by atoms with Crippen LogP contribution < -0.4 is 5.32 Å². The molecule has 0 atom stereocenters. The smallest absolute Gasteiger partial charge is 0.153 e. The largest absolute Gasteiger partial charge is 0.308 e. The van der Waals surface area contributed by atoms with Gasteiger partial charge in [-0.2, -0.15) is 10.2 Å². The molecular weight excluding hydrogens is 288 g/mol. The molecule has 0 amide bonds. The van der Waals surface area contributed by atoms with E-state index in [1.54, 1.807) is 10.9 Å². The van der Waals surface area contributed by atoms with E-state index in [1.165, 1.54) is 11.1 Å². The van der Waals surface area contributed by atoms with Crippen LogP contribution in [0.4, 0.5) is 0 Å². The van der Waals surface area contributed by atoms with Crippen molar-refractivity contribution in [2.75, 3.05) is 0 Å². The zero-order chi connectivity index (χ0) is 16.3. The summed E-state index contributed by atoms with van der Waals surface area (Å²) in [5.74, 6) is 0.829. The fraction of sp³-hybridized carbons (Fsp3) is 0.353. The summed E-state index contributed by atoms with van der Waals surface area (Å²) in [7, 11) is 0. The summed E-state index contributed by atoms with van der Waals surface area (Å²) < 4.78 is 3.75. The average Bonchev–Trinajstić information content (AvgIpc) is 3.19. The van der Waals surface area contributed by atoms with Crippen molar-refractivity contribution in [1.82, 2.24) is 29.9 Å². The molecule has 3 aromatic rings. The molecule has 0 bridgehead atoms. The van der Waals surface area contributed by atoms with Crippen LogP contribution in [0.2, 0.25) is 0 Å². The molecule has 0 unspecified atom stereocenters. The molecule has 23 heavy (non-hydrogen) atoms. The third-order valence-corrected chi connectivity index (χ3v) is 3.53. The normalized spacial score (nSPS) is 11.8. The Morgan fingerprint density at radius 2 is 1.91 bits per heavy atom. The number of hydrogen-bond donors (Lipinski definition) is 1. The van der Waals surface area contributed by atoms with Gasteiger partial charge < -0.3 is 5.32 Å². The molecule has 6 nitrogen and oxygen atoms in total. The van der Waals surface area contributed by atoms with Crippen molar-refractivity contribution in [1.29, 1.82) is 0 Å². The quantitative estimate of drug-likeness (QED) is 0.786. The number of nitrogens with zero attached hydrogens (tertiary/aromatic N) is 5. The van der Waals surface area contributed by atoms with Gasteiger partial charge in [0.25, 0.3) is 0 Å². The Morgan fingerprint density at radius 1 is 1.09 bits per heavy atom. The molecule has 0 saturated carbocycles. The average molecular weight is 310 g/mol. The summed E-state index contributed by atoms with van der Waals surface area (Å²) in [6, 6.07) is 5.94. The summed E-state index contributed by atoms with van der Waals surface area (Å²) in [5, 5.41) is 12.1. The van der Waals surface area contributed by atoms with Crippen LogP contribution in [0.5, 0.6) is 0 Å². The summed E-state index contributed by atoms with van der Waals surface area (Å²) in [6.07, 6.45) is 9.46. The zero-order valence-corrected chi connectivity index (χ0v) is 13.8. The van der Waals surface area contributed by atoms with Crippen molar-refractivity contribution in [2.24, 2.45) is 0 Å². The van der Waals surface area contributed by atoms with Crippen molar-refractivity contribution in [3.63, 3.8) is 0 Å². The van der Waals surface area contributed by atoms with E-state index in [1.807, 2.05) is 41.5 Å². The number of pyridine rings is 1. The molecule has 0 aliphatic heterocycles. The molecule has 6 heteroatoms. The second-order valence-corrected chi connectivity index (χ2v) is 6.54. The van der Waals surface area contributed by atoms with Gasteiger partial charge in [0.15, 0.2) is 5.82 Å². The second kappa shape index (κ2) is 6.34. The van der Waals surface area contributed by atoms with Crippen LogP contribution >= 0.6 is 0 Å². The van der Waals surface area contributed by atoms with Crippen molar-refractivity contribution in [2.45, 2.75) is 39.4 Å². The third-order valence-electron chi connectivity index (χ3n) is 3.53. The minimum atomic E-state index is 0.0159. The van der Waals surface area contributed by atoms with Crippen LogP contribution in [0, 0.1) is 0 Å². The summed E-state index contributed by atoms with van der Waals surface area (Å²) >= 11 is 0. The maximum absolute atomic E-state index is 4.42. The van der Waals surface area contributed by atoms with E-state index >= 15 is 0 Å². The van der Waals surface area contributed by atoms with Gasteiger partial charge in [0.2, 0.25) is 0 Å². The molecule has 0 fully saturated rings. The predicted octanol–water partition coefficient (Wildman–Crippen LogP) is 2.51. The van der Waals surface area contributed by atoms with E-state index in [9.17, 15) is 0 Å². The lowest BCUT2D eigenvalue weighted by atomic mass is 10.1.